The lowest BCUT2D eigenvalue weighted by Crippen LogP contribution is -2.43. The lowest BCUT2D eigenvalue weighted by molar-refractivity contribution is -0.144. The lowest BCUT2D eigenvalue weighted by atomic mass is 10.3. The van der Waals surface area contributed by atoms with Gasteiger partial charge in [0, 0.05) is 25.9 Å². The highest BCUT2D eigenvalue weighted by molar-refractivity contribution is 5.81. The third-order valence-corrected chi connectivity index (χ3v) is 3.42. The third kappa shape index (κ3) is 3.80. The highest BCUT2D eigenvalue weighted by Gasteiger charge is 2.28. The minimum atomic E-state index is -1.09. The van der Waals surface area contributed by atoms with E-state index in [4.69, 9.17) is 5.11 Å². The largest absolute Gasteiger partial charge is 0.480 e. The zero-order valence-electron chi connectivity index (χ0n) is 11.7. The number of hydrogen-bond acceptors (Lipinski definition) is 4. The van der Waals surface area contributed by atoms with Crippen LogP contribution >= 0.6 is 0 Å². The van der Waals surface area contributed by atoms with Gasteiger partial charge in [-0.15, -0.1) is 0 Å². The van der Waals surface area contributed by atoms with Crippen molar-refractivity contribution in [3.63, 3.8) is 0 Å². The molecular weight excluding hydrogens is 278 g/mol. The summed E-state index contributed by atoms with van der Waals surface area (Å²) in [5.41, 5.74) is -1.05. The average molecular weight is 295 g/mol. The van der Waals surface area contributed by atoms with Gasteiger partial charge in [0.1, 0.15) is 13.1 Å². The molecule has 1 saturated carbocycles. The molecule has 0 bridgehead atoms. The first-order chi connectivity index (χ1) is 9.88. The minimum absolute atomic E-state index is 0.271. The molecule has 8 nitrogen and oxygen atoms in total. The maximum atomic E-state index is 12.2. The number of aliphatic carboxylic acids is 1. The van der Waals surface area contributed by atoms with Crippen molar-refractivity contribution in [2.24, 2.45) is 13.0 Å². The van der Waals surface area contributed by atoms with Crippen molar-refractivity contribution >= 4 is 11.9 Å². The van der Waals surface area contributed by atoms with E-state index in [9.17, 15) is 19.2 Å². The number of hydrogen-bond donors (Lipinski definition) is 1. The Labute approximate surface area is 120 Å². The molecule has 1 amide bonds. The van der Waals surface area contributed by atoms with E-state index in [1.807, 2.05) is 0 Å². The summed E-state index contributed by atoms with van der Waals surface area (Å²) < 4.78 is 2.00. The monoisotopic (exact) mass is 295 g/mol. The summed E-state index contributed by atoms with van der Waals surface area (Å²) in [4.78, 5) is 47.4. The molecule has 0 atom stereocenters. The molecule has 0 spiro atoms. The lowest BCUT2D eigenvalue weighted by Gasteiger charge is -2.21. The Bertz CT molecular complexity index is 671. The van der Waals surface area contributed by atoms with Crippen LogP contribution in [0.15, 0.2) is 21.9 Å². The van der Waals surface area contributed by atoms with Crippen LogP contribution in [-0.2, 0) is 23.2 Å². The van der Waals surface area contributed by atoms with Gasteiger partial charge >= 0.3 is 11.7 Å². The van der Waals surface area contributed by atoms with Crippen LogP contribution in [0.2, 0.25) is 0 Å². The first-order valence-electron chi connectivity index (χ1n) is 6.64. The number of carboxylic acid groups (broad SMARTS) is 1. The average Bonchev–Trinajstić information content (AvgIpc) is 3.22. The standard InChI is InChI=1S/C13H17N3O5/c1-14-10(17)4-5-15(13(14)21)7-11(18)16(8-12(19)20)6-9-2-3-9/h4-5,9H,2-3,6-8H2,1H3,(H,19,20). The van der Waals surface area contributed by atoms with E-state index in [-0.39, 0.29) is 13.1 Å². The first-order valence-corrected chi connectivity index (χ1v) is 6.64. The smallest absolute Gasteiger partial charge is 0.331 e. The van der Waals surface area contributed by atoms with Crippen LogP contribution in [0, 0.1) is 5.92 Å². The van der Waals surface area contributed by atoms with Gasteiger partial charge in [-0.1, -0.05) is 0 Å². The summed E-state index contributed by atoms with van der Waals surface area (Å²) in [5.74, 6) is -1.17. The fraction of sp³-hybridized carbons (Fsp3) is 0.538. The summed E-state index contributed by atoms with van der Waals surface area (Å²) >= 11 is 0. The molecule has 0 saturated heterocycles. The maximum absolute atomic E-state index is 12.2. The number of aromatic nitrogens is 2. The molecule has 1 aliphatic rings. The highest BCUT2D eigenvalue weighted by Crippen LogP contribution is 2.29. The van der Waals surface area contributed by atoms with E-state index in [0.717, 1.165) is 22.0 Å². The van der Waals surface area contributed by atoms with Crippen LogP contribution in [0.4, 0.5) is 0 Å². The Morgan fingerprint density at radius 1 is 1.38 bits per heavy atom. The molecule has 21 heavy (non-hydrogen) atoms. The van der Waals surface area contributed by atoms with Crippen molar-refractivity contribution in [2.45, 2.75) is 19.4 Å². The van der Waals surface area contributed by atoms with E-state index in [0.29, 0.717) is 12.5 Å². The maximum Gasteiger partial charge on any atom is 0.331 e. The third-order valence-electron chi connectivity index (χ3n) is 3.42. The molecule has 1 heterocycles. The number of nitrogens with zero attached hydrogens (tertiary/aromatic N) is 3. The Hall–Kier alpha value is -2.38. The summed E-state index contributed by atoms with van der Waals surface area (Å²) in [6.45, 7) is -0.256. The van der Waals surface area contributed by atoms with E-state index in [1.54, 1.807) is 0 Å². The van der Waals surface area contributed by atoms with Gasteiger partial charge in [-0.2, -0.15) is 0 Å². The van der Waals surface area contributed by atoms with E-state index < -0.39 is 23.1 Å². The molecular formula is C13H17N3O5. The number of carbonyl (C=O) groups excluding carboxylic acids is 1. The summed E-state index contributed by atoms with van der Waals surface area (Å²) in [5, 5.41) is 8.86. The summed E-state index contributed by atoms with van der Waals surface area (Å²) in [6, 6.07) is 1.19. The number of carboxylic acids is 1. The minimum Gasteiger partial charge on any atom is -0.480 e. The van der Waals surface area contributed by atoms with Crippen LogP contribution < -0.4 is 11.2 Å². The molecule has 8 heteroatoms. The molecule has 2 rings (SSSR count). The second-order valence-corrected chi connectivity index (χ2v) is 5.23. The van der Waals surface area contributed by atoms with Crippen LogP contribution in [0.3, 0.4) is 0 Å². The second-order valence-electron chi connectivity index (χ2n) is 5.23. The van der Waals surface area contributed by atoms with Gasteiger partial charge in [0.2, 0.25) is 5.91 Å². The predicted molar refractivity (Wildman–Crippen MR) is 72.9 cm³/mol. The Morgan fingerprint density at radius 2 is 2.05 bits per heavy atom. The van der Waals surface area contributed by atoms with Gasteiger partial charge < -0.3 is 10.0 Å². The van der Waals surface area contributed by atoms with Crippen LogP contribution in [0.1, 0.15) is 12.8 Å². The van der Waals surface area contributed by atoms with Gasteiger partial charge in [-0.05, 0) is 18.8 Å². The van der Waals surface area contributed by atoms with E-state index in [1.165, 1.54) is 24.2 Å². The Kier molecular flexibility index (Phi) is 4.25. The van der Waals surface area contributed by atoms with Gasteiger partial charge in [0.15, 0.2) is 0 Å². The molecule has 1 N–H and O–H groups in total. The Morgan fingerprint density at radius 3 is 2.62 bits per heavy atom. The van der Waals surface area contributed by atoms with Gasteiger partial charge in [-0.3, -0.25) is 23.5 Å². The normalized spacial score (nSPS) is 14.0. The molecule has 0 aromatic carbocycles. The van der Waals surface area contributed by atoms with Gasteiger partial charge in [0.05, 0.1) is 0 Å². The molecule has 1 aromatic rings. The molecule has 114 valence electrons. The molecule has 0 unspecified atom stereocenters. The summed E-state index contributed by atoms with van der Waals surface area (Å²) in [7, 11) is 1.32. The van der Waals surface area contributed by atoms with Crippen molar-refractivity contribution in [1.29, 1.82) is 0 Å². The topological polar surface area (TPSA) is 102 Å². The zero-order valence-corrected chi connectivity index (χ0v) is 11.7. The quantitative estimate of drug-likeness (QED) is 0.715. The van der Waals surface area contributed by atoms with Crippen LogP contribution in [0.25, 0.3) is 0 Å². The number of rotatable bonds is 6. The molecule has 0 radical (unpaired) electrons. The molecule has 1 fully saturated rings. The fourth-order valence-electron chi connectivity index (χ4n) is 2.01. The van der Waals surface area contributed by atoms with Crippen LogP contribution in [0.5, 0.6) is 0 Å². The molecule has 1 aromatic heterocycles. The van der Waals surface area contributed by atoms with E-state index >= 15 is 0 Å². The van der Waals surface area contributed by atoms with Crippen molar-refractivity contribution in [3.05, 3.63) is 33.1 Å². The highest BCUT2D eigenvalue weighted by atomic mass is 16.4. The van der Waals surface area contributed by atoms with E-state index in [2.05, 4.69) is 0 Å². The number of amides is 1. The van der Waals surface area contributed by atoms with Crippen molar-refractivity contribution in [3.8, 4) is 0 Å². The second kappa shape index (κ2) is 5.94. The predicted octanol–water partition coefficient (Wildman–Crippen LogP) is -1.13. The molecule has 1 aliphatic carbocycles. The zero-order chi connectivity index (χ0) is 15.6. The van der Waals surface area contributed by atoms with Gasteiger partial charge in [0.25, 0.3) is 5.56 Å². The molecule has 0 aliphatic heterocycles. The number of carbonyl (C=O) groups is 2. The van der Waals surface area contributed by atoms with Crippen molar-refractivity contribution in [2.75, 3.05) is 13.1 Å². The van der Waals surface area contributed by atoms with Crippen LogP contribution in [-0.4, -0.2) is 44.1 Å². The van der Waals surface area contributed by atoms with Crippen molar-refractivity contribution in [1.82, 2.24) is 14.0 Å². The SMILES string of the molecule is Cn1c(=O)ccn(CC(=O)N(CC(=O)O)CC2CC2)c1=O. The first kappa shape index (κ1) is 15.0. The summed E-state index contributed by atoms with van der Waals surface area (Å²) in [6.07, 6.45) is 3.23. The fourth-order valence-corrected chi connectivity index (χ4v) is 2.01. The Balaban J connectivity index is 2.14. The van der Waals surface area contributed by atoms with Crippen molar-refractivity contribution < 1.29 is 14.7 Å². The van der Waals surface area contributed by atoms with Gasteiger partial charge in [-0.25, -0.2) is 4.79 Å².